The Labute approximate surface area is 197 Å². The van der Waals surface area contributed by atoms with Crippen LogP contribution in [0.5, 0.6) is 5.75 Å². The van der Waals surface area contributed by atoms with Gasteiger partial charge in [-0.3, -0.25) is 28.8 Å². The number of benzene rings is 3. The topological polar surface area (TPSA) is 170 Å². The van der Waals surface area contributed by atoms with Crippen molar-refractivity contribution in [2.45, 2.75) is 4.90 Å². The summed E-state index contributed by atoms with van der Waals surface area (Å²) in [5, 5.41) is 21.1. The van der Waals surface area contributed by atoms with E-state index in [1.807, 2.05) is 0 Å². The van der Waals surface area contributed by atoms with Gasteiger partial charge in [0.2, 0.25) is 0 Å². The smallest absolute Gasteiger partial charge is 0.339 e. The maximum atomic E-state index is 13.0. The van der Waals surface area contributed by atoms with E-state index in [9.17, 15) is 38.0 Å². The van der Waals surface area contributed by atoms with Crippen LogP contribution in [0, 0.1) is 10.1 Å². The first-order valence-electron chi connectivity index (χ1n) is 9.93. The Morgan fingerprint density at radius 3 is 2.46 bits per heavy atom. The summed E-state index contributed by atoms with van der Waals surface area (Å²) in [4.78, 5) is 48.2. The Morgan fingerprint density at radius 1 is 1.09 bits per heavy atom. The van der Waals surface area contributed by atoms with E-state index in [0.717, 1.165) is 29.2 Å². The van der Waals surface area contributed by atoms with Crippen LogP contribution in [0.15, 0.2) is 53.4 Å². The lowest BCUT2D eigenvalue weighted by molar-refractivity contribution is -0.384. The Hall–Kier alpha value is -4.36. The summed E-state index contributed by atoms with van der Waals surface area (Å²) in [5.41, 5.74) is -0.658. The lowest BCUT2D eigenvalue weighted by Crippen LogP contribution is -2.42. The van der Waals surface area contributed by atoms with Gasteiger partial charge in [0, 0.05) is 23.1 Å². The zero-order chi connectivity index (χ0) is 25.5. The second-order valence-corrected chi connectivity index (χ2v) is 8.97. The largest absolute Gasteiger partial charge is 0.496 e. The van der Waals surface area contributed by atoms with Gasteiger partial charge >= 0.3 is 5.97 Å². The quantitative estimate of drug-likeness (QED) is 0.210. The minimum absolute atomic E-state index is 0.0529. The van der Waals surface area contributed by atoms with Crippen LogP contribution in [0.3, 0.4) is 0 Å². The number of carboxylic acid groups (broad SMARTS) is 1. The highest BCUT2D eigenvalue weighted by Crippen LogP contribution is 2.33. The highest BCUT2D eigenvalue weighted by atomic mass is 32.2. The zero-order valence-corrected chi connectivity index (χ0v) is 18.8. The summed E-state index contributed by atoms with van der Waals surface area (Å²) in [6, 6.07) is 9.95. The molecule has 0 saturated heterocycles. The first kappa shape index (κ1) is 23.8. The van der Waals surface area contributed by atoms with Gasteiger partial charge in [-0.1, -0.05) is 12.1 Å². The van der Waals surface area contributed by atoms with Crippen LogP contribution in [-0.4, -0.2) is 61.4 Å². The van der Waals surface area contributed by atoms with E-state index in [4.69, 9.17) is 8.92 Å². The molecule has 0 radical (unpaired) electrons. The first-order chi connectivity index (χ1) is 16.5. The summed E-state index contributed by atoms with van der Waals surface area (Å²) in [6.45, 7) is -1.11. The molecule has 0 spiro atoms. The number of amides is 2. The van der Waals surface area contributed by atoms with Gasteiger partial charge in [0.1, 0.15) is 11.3 Å². The summed E-state index contributed by atoms with van der Waals surface area (Å²) >= 11 is 0. The molecule has 1 aliphatic heterocycles. The Bertz CT molecular complexity index is 1530. The average molecular weight is 500 g/mol. The molecule has 2 amide bonds. The third-order valence-electron chi connectivity index (χ3n) is 5.37. The number of carbonyl (C=O) groups is 3. The Morgan fingerprint density at radius 2 is 1.80 bits per heavy atom. The molecule has 0 atom stereocenters. The van der Waals surface area contributed by atoms with E-state index < -0.39 is 56.4 Å². The molecule has 1 aliphatic rings. The predicted molar refractivity (Wildman–Crippen MR) is 119 cm³/mol. The molecule has 1 heterocycles. The average Bonchev–Trinajstić information content (AvgIpc) is 2.83. The Balaban J connectivity index is 1.58. The Kier molecular flexibility index (Phi) is 5.96. The zero-order valence-electron chi connectivity index (χ0n) is 18.0. The number of carboxylic acids is 1. The van der Waals surface area contributed by atoms with Crippen LogP contribution < -0.4 is 4.74 Å². The number of rotatable bonds is 8. The van der Waals surface area contributed by atoms with E-state index in [0.29, 0.717) is 5.39 Å². The number of hydrogen-bond donors (Lipinski definition) is 1. The number of nitrogens with zero attached hydrogens (tertiary/aromatic N) is 2. The van der Waals surface area contributed by atoms with E-state index in [1.54, 1.807) is 6.07 Å². The van der Waals surface area contributed by atoms with Crippen molar-refractivity contribution < 1.29 is 41.8 Å². The highest BCUT2D eigenvalue weighted by Gasteiger charge is 2.34. The number of non-ortho nitro benzene ring substituents is 1. The van der Waals surface area contributed by atoms with Crippen LogP contribution in [0.1, 0.15) is 31.1 Å². The number of aromatic carboxylic acids is 1. The third kappa shape index (κ3) is 4.18. The van der Waals surface area contributed by atoms with E-state index in [-0.39, 0.29) is 28.0 Å². The number of nitro benzene ring substituents is 1. The van der Waals surface area contributed by atoms with Crippen LogP contribution in [0.2, 0.25) is 0 Å². The molecule has 0 bridgehead atoms. The van der Waals surface area contributed by atoms with Gasteiger partial charge in [0.15, 0.2) is 0 Å². The molecular weight excluding hydrogens is 484 g/mol. The van der Waals surface area contributed by atoms with E-state index >= 15 is 0 Å². The summed E-state index contributed by atoms with van der Waals surface area (Å²) in [6.07, 6.45) is 0. The third-order valence-corrected chi connectivity index (χ3v) is 6.68. The molecule has 13 heteroatoms. The number of methoxy groups -OCH3 is 1. The van der Waals surface area contributed by atoms with Crippen molar-refractivity contribution in [3.8, 4) is 5.75 Å². The minimum atomic E-state index is -4.45. The SMILES string of the molecule is COc1ccc(S(=O)(=O)OCCN2C(=O)c3cccc4cc([N+](=O)[O-])cc(c34)C2=O)cc1C(=O)O. The van der Waals surface area contributed by atoms with Gasteiger partial charge in [-0.15, -0.1) is 0 Å². The molecule has 4 rings (SSSR count). The van der Waals surface area contributed by atoms with Crippen molar-refractivity contribution in [3.05, 3.63) is 75.3 Å². The van der Waals surface area contributed by atoms with Crippen molar-refractivity contribution in [3.63, 3.8) is 0 Å². The van der Waals surface area contributed by atoms with E-state index in [1.165, 1.54) is 25.3 Å². The molecule has 0 saturated carbocycles. The fraction of sp³-hybridized carbons (Fsp3) is 0.136. The number of nitro groups is 1. The van der Waals surface area contributed by atoms with Gasteiger partial charge < -0.3 is 9.84 Å². The number of ether oxygens (including phenoxy) is 1. The molecule has 0 aliphatic carbocycles. The van der Waals surface area contributed by atoms with Gasteiger partial charge in [-0.2, -0.15) is 8.42 Å². The fourth-order valence-corrected chi connectivity index (χ4v) is 4.69. The second kappa shape index (κ2) is 8.77. The van der Waals surface area contributed by atoms with Crippen molar-refractivity contribution in [1.29, 1.82) is 0 Å². The molecule has 35 heavy (non-hydrogen) atoms. The van der Waals surface area contributed by atoms with Crippen molar-refractivity contribution >= 4 is 44.4 Å². The highest BCUT2D eigenvalue weighted by molar-refractivity contribution is 7.86. The van der Waals surface area contributed by atoms with Crippen LogP contribution in [-0.2, 0) is 14.3 Å². The standard InChI is InChI=1S/C22H16N2O10S/c1-33-18-6-5-14(11-16(18)22(27)28)35(31,32)34-8-7-23-20(25)15-4-2-3-12-9-13(24(29)30)10-17(19(12)15)21(23)26/h2-6,9-11H,7-8H2,1H3,(H,27,28). The first-order valence-corrected chi connectivity index (χ1v) is 11.3. The maximum absolute atomic E-state index is 13.0. The van der Waals surface area contributed by atoms with Crippen molar-refractivity contribution in [2.24, 2.45) is 0 Å². The summed E-state index contributed by atoms with van der Waals surface area (Å²) in [5.74, 6) is -3.00. The minimum Gasteiger partial charge on any atom is -0.496 e. The monoisotopic (exact) mass is 500 g/mol. The fourth-order valence-electron chi connectivity index (χ4n) is 3.77. The summed E-state index contributed by atoms with van der Waals surface area (Å²) < 4.78 is 35.0. The van der Waals surface area contributed by atoms with Gasteiger partial charge in [-0.25, -0.2) is 4.79 Å². The second-order valence-electron chi connectivity index (χ2n) is 7.36. The van der Waals surface area contributed by atoms with Crippen LogP contribution in [0.4, 0.5) is 5.69 Å². The van der Waals surface area contributed by atoms with Crippen LogP contribution >= 0.6 is 0 Å². The number of hydrogen-bond acceptors (Lipinski definition) is 9. The molecule has 0 unspecified atom stereocenters. The lowest BCUT2D eigenvalue weighted by Gasteiger charge is -2.26. The molecule has 180 valence electrons. The molecule has 3 aromatic carbocycles. The maximum Gasteiger partial charge on any atom is 0.339 e. The van der Waals surface area contributed by atoms with Gasteiger partial charge in [0.05, 0.1) is 35.6 Å². The molecular formula is C22H16N2O10S. The molecule has 0 fully saturated rings. The van der Waals surface area contributed by atoms with Gasteiger partial charge in [-0.05, 0) is 29.7 Å². The molecule has 0 aromatic heterocycles. The van der Waals surface area contributed by atoms with Crippen molar-refractivity contribution in [1.82, 2.24) is 4.90 Å². The summed E-state index contributed by atoms with van der Waals surface area (Å²) in [7, 11) is -3.22. The lowest BCUT2D eigenvalue weighted by atomic mass is 9.93. The predicted octanol–water partition coefficient (Wildman–Crippen LogP) is 2.46. The number of imide groups is 1. The van der Waals surface area contributed by atoms with Crippen LogP contribution in [0.25, 0.3) is 10.8 Å². The molecule has 1 N–H and O–H groups in total. The molecule has 12 nitrogen and oxygen atoms in total. The van der Waals surface area contributed by atoms with E-state index in [2.05, 4.69) is 0 Å². The molecule has 3 aromatic rings. The van der Waals surface area contributed by atoms with Crippen molar-refractivity contribution in [2.75, 3.05) is 20.3 Å². The van der Waals surface area contributed by atoms with Gasteiger partial charge in [0.25, 0.3) is 27.6 Å². The number of carbonyl (C=O) groups excluding carboxylic acids is 2. The normalized spacial score (nSPS) is 13.2.